The van der Waals surface area contributed by atoms with Gasteiger partial charge in [-0.25, -0.2) is 0 Å². The normalized spacial score (nSPS) is 10.2. The lowest BCUT2D eigenvalue weighted by Gasteiger charge is -2.21. The highest BCUT2D eigenvalue weighted by Crippen LogP contribution is 2.13. The van der Waals surface area contributed by atoms with Gasteiger partial charge in [0.15, 0.2) is 0 Å². The van der Waals surface area contributed by atoms with E-state index in [1.165, 1.54) is 0 Å². The molecule has 0 atom stereocenters. The van der Waals surface area contributed by atoms with Gasteiger partial charge in [-0.1, -0.05) is 19.1 Å². The number of thioether (sulfide) groups is 1. The third kappa shape index (κ3) is 5.79. The van der Waals surface area contributed by atoms with Crippen molar-refractivity contribution < 1.29 is 14.3 Å². The summed E-state index contributed by atoms with van der Waals surface area (Å²) in [7, 11) is 0. The van der Waals surface area contributed by atoms with E-state index in [0.29, 0.717) is 18.7 Å². The van der Waals surface area contributed by atoms with Gasteiger partial charge in [-0.15, -0.1) is 0 Å². The predicted octanol–water partition coefficient (Wildman–Crippen LogP) is 2.96. The molecule has 0 aliphatic heterocycles. The number of benzene rings is 1. The topological polar surface area (TPSA) is 46.6 Å². The number of amides is 1. The van der Waals surface area contributed by atoms with Gasteiger partial charge in [0, 0.05) is 17.9 Å². The summed E-state index contributed by atoms with van der Waals surface area (Å²) in [4.78, 5) is 25.7. The van der Waals surface area contributed by atoms with E-state index in [1.807, 2.05) is 31.4 Å². The van der Waals surface area contributed by atoms with Crippen molar-refractivity contribution in [3.63, 3.8) is 0 Å². The number of carbonyl (C=O) groups excluding carboxylic acids is 2. The number of esters is 1. The van der Waals surface area contributed by atoms with Crippen molar-refractivity contribution in [3.8, 4) is 0 Å². The van der Waals surface area contributed by atoms with Crippen molar-refractivity contribution >= 4 is 23.6 Å². The average molecular weight is 309 g/mol. The standard InChI is InChI=1S/C16H23NO3S/c1-4-9-17(11-15(18)20-5-2)16(19)14-8-6-7-13(10-14)12-21-3/h6-8,10H,4-5,9,11-12H2,1-3H3. The Morgan fingerprint density at radius 3 is 2.67 bits per heavy atom. The van der Waals surface area contributed by atoms with Crippen molar-refractivity contribution in [1.82, 2.24) is 4.90 Å². The summed E-state index contributed by atoms with van der Waals surface area (Å²) in [6, 6.07) is 7.57. The molecule has 1 rings (SSSR count). The first-order valence-corrected chi connectivity index (χ1v) is 8.54. The van der Waals surface area contributed by atoms with Crippen LogP contribution in [0.15, 0.2) is 24.3 Å². The molecule has 21 heavy (non-hydrogen) atoms. The van der Waals surface area contributed by atoms with Crippen LogP contribution in [0, 0.1) is 0 Å². The molecule has 0 unspecified atom stereocenters. The van der Waals surface area contributed by atoms with Crippen molar-refractivity contribution in [2.24, 2.45) is 0 Å². The average Bonchev–Trinajstić information content (AvgIpc) is 2.47. The summed E-state index contributed by atoms with van der Waals surface area (Å²) >= 11 is 1.71. The van der Waals surface area contributed by atoms with Crippen LogP contribution in [0.25, 0.3) is 0 Å². The molecule has 0 aliphatic carbocycles. The summed E-state index contributed by atoms with van der Waals surface area (Å²) in [5.41, 5.74) is 1.74. The highest BCUT2D eigenvalue weighted by Gasteiger charge is 2.18. The molecule has 0 N–H and O–H groups in total. The summed E-state index contributed by atoms with van der Waals surface area (Å²) in [6.07, 6.45) is 2.83. The molecule has 0 aromatic heterocycles. The number of ether oxygens (including phenoxy) is 1. The van der Waals surface area contributed by atoms with Gasteiger partial charge in [0.05, 0.1) is 6.61 Å². The van der Waals surface area contributed by atoms with Crippen LogP contribution in [0.2, 0.25) is 0 Å². The Bertz CT molecular complexity index is 476. The number of hydrogen-bond acceptors (Lipinski definition) is 4. The molecule has 0 fully saturated rings. The Kier molecular flexibility index (Phi) is 7.90. The molecule has 5 heteroatoms. The summed E-state index contributed by atoms with van der Waals surface area (Å²) < 4.78 is 4.93. The maximum absolute atomic E-state index is 12.5. The lowest BCUT2D eigenvalue weighted by molar-refractivity contribution is -0.143. The Morgan fingerprint density at radius 2 is 2.05 bits per heavy atom. The molecule has 0 radical (unpaired) electrons. The number of carbonyl (C=O) groups is 2. The van der Waals surface area contributed by atoms with Crippen LogP contribution < -0.4 is 0 Å². The van der Waals surface area contributed by atoms with Crippen LogP contribution in [-0.2, 0) is 15.3 Å². The Morgan fingerprint density at radius 1 is 1.29 bits per heavy atom. The van der Waals surface area contributed by atoms with Crippen molar-refractivity contribution in [2.75, 3.05) is 26.0 Å². The summed E-state index contributed by atoms with van der Waals surface area (Å²) in [5, 5.41) is 0. The Hall–Kier alpha value is -1.49. The predicted molar refractivity (Wildman–Crippen MR) is 86.5 cm³/mol. The molecule has 0 spiro atoms. The second-order valence-corrected chi connectivity index (χ2v) is 5.53. The molecule has 0 heterocycles. The zero-order valence-corrected chi connectivity index (χ0v) is 13.7. The first kappa shape index (κ1) is 17.6. The van der Waals surface area contributed by atoms with E-state index in [0.717, 1.165) is 17.7 Å². The minimum atomic E-state index is -0.362. The number of rotatable bonds is 8. The van der Waals surface area contributed by atoms with Crippen molar-refractivity contribution in [3.05, 3.63) is 35.4 Å². The maximum Gasteiger partial charge on any atom is 0.325 e. The molecular formula is C16H23NO3S. The summed E-state index contributed by atoms with van der Waals surface area (Å²) in [5.74, 6) is 0.389. The quantitative estimate of drug-likeness (QED) is 0.693. The van der Waals surface area contributed by atoms with Gasteiger partial charge in [0.1, 0.15) is 6.54 Å². The number of hydrogen-bond donors (Lipinski definition) is 0. The van der Waals surface area contributed by atoms with Gasteiger partial charge in [-0.3, -0.25) is 9.59 Å². The minimum absolute atomic E-state index is 0.00721. The van der Waals surface area contributed by atoms with Crippen molar-refractivity contribution in [1.29, 1.82) is 0 Å². The molecule has 0 aliphatic rings. The van der Waals surface area contributed by atoms with Gasteiger partial charge in [-0.2, -0.15) is 11.8 Å². The fraction of sp³-hybridized carbons (Fsp3) is 0.500. The van der Waals surface area contributed by atoms with E-state index in [2.05, 4.69) is 0 Å². The van der Waals surface area contributed by atoms with Gasteiger partial charge in [0.25, 0.3) is 5.91 Å². The molecule has 4 nitrogen and oxygen atoms in total. The number of nitrogens with zero attached hydrogens (tertiary/aromatic N) is 1. The Labute approximate surface area is 130 Å². The third-order valence-electron chi connectivity index (χ3n) is 2.89. The minimum Gasteiger partial charge on any atom is -0.465 e. The van der Waals surface area contributed by atoms with Crippen LogP contribution in [-0.4, -0.2) is 42.7 Å². The molecule has 0 saturated carbocycles. The van der Waals surface area contributed by atoms with Crippen LogP contribution in [0.1, 0.15) is 36.2 Å². The summed E-state index contributed by atoms with van der Waals surface area (Å²) in [6.45, 7) is 4.62. The zero-order chi connectivity index (χ0) is 15.7. The molecule has 1 aromatic carbocycles. The Balaban J connectivity index is 2.84. The van der Waals surface area contributed by atoms with E-state index in [9.17, 15) is 9.59 Å². The van der Waals surface area contributed by atoms with E-state index in [4.69, 9.17) is 4.74 Å². The van der Waals surface area contributed by atoms with Gasteiger partial charge < -0.3 is 9.64 Å². The van der Waals surface area contributed by atoms with E-state index >= 15 is 0 Å². The van der Waals surface area contributed by atoms with Crippen LogP contribution in [0.5, 0.6) is 0 Å². The second-order valence-electron chi connectivity index (χ2n) is 4.67. The van der Waals surface area contributed by atoms with Crippen LogP contribution in [0.3, 0.4) is 0 Å². The fourth-order valence-corrected chi connectivity index (χ4v) is 2.54. The van der Waals surface area contributed by atoms with Crippen LogP contribution >= 0.6 is 11.8 Å². The van der Waals surface area contributed by atoms with Gasteiger partial charge in [-0.05, 0) is 37.3 Å². The lowest BCUT2D eigenvalue weighted by atomic mass is 10.1. The lowest BCUT2D eigenvalue weighted by Crippen LogP contribution is -2.37. The third-order valence-corrected chi connectivity index (χ3v) is 3.51. The highest BCUT2D eigenvalue weighted by atomic mass is 32.2. The highest BCUT2D eigenvalue weighted by molar-refractivity contribution is 7.97. The molecule has 1 aromatic rings. The van der Waals surface area contributed by atoms with Gasteiger partial charge >= 0.3 is 5.97 Å². The zero-order valence-electron chi connectivity index (χ0n) is 12.9. The van der Waals surface area contributed by atoms with Crippen LogP contribution in [0.4, 0.5) is 0 Å². The first-order valence-electron chi connectivity index (χ1n) is 7.15. The fourth-order valence-electron chi connectivity index (χ4n) is 2.03. The smallest absolute Gasteiger partial charge is 0.325 e. The van der Waals surface area contributed by atoms with E-state index in [1.54, 1.807) is 29.7 Å². The largest absolute Gasteiger partial charge is 0.465 e. The molecule has 1 amide bonds. The molecule has 0 saturated heterocycles. The molecule has 0 bridgehead atoms. The van der Waals surface area contributed by atoms with Crippen molar-refractivity contribution in [2.45, 2.75) is 26.0 Å². The molecule has 116 valence electrons. The van der Waals surface area contributed by atoms with E-state index in [-0.39, 0.29) is 18.4 Å². The van der Waals surface area contributed by atoms with E-state index < -0.39 is 0 Å². The molecular weight excluding hydrogens is 286 g/mol. The SMILES string of the molecule is CCCN(CC(=O)OCC)C(=O)c1cccc(CSC)c1. The monoisotopic (exact) mass is 309 g/mol. The second kappa shape index (κ2) is 9.45. The maximum atomic E-state index is 12.5. The first-order chi connectivity index (χ1) is 10.1. The van der Waals surface area contributed by atoms with Gasteiger partial charge in [0.2, 0.25) is 0 Å².